The first-order chi connectivity index (χ1) is 14.5. The fourth-order valence-corrected chi connectivity index (χ4v) is 4.76. The van der Waals surface area contributed by atoms with E-state index in [4.69, 9.17) is 4.74 Å². The second-order valence-corrected chi connectivity index (χ2v) is 8.91. The van der Waals surface area contributed by atoms with E-state index >= 15 is 0 Å². The number of aliphatic hydroxyl groups excluding tert-OH is 4. The van der Waals surface area contributed by atoms with Crippen molar-refractivity contribution in [2.24, 2.45) is 0 Å². The SMILES string of the molecule is OC[C@H]1O[C@@H](c2cc(Cc3ccc4c(c3)CC4)c(C3CC3)cc2O)[C@H](O)[C@@H](O)[C@@H]1O. The van der Waals surface area contributed by atoms with Crippen molar-refractivity contribution < 1.29 is 30.3 Å². The Bertz CT molecular complexity index is 951. The van der Waals surface area contributed by atoms with Crippen LogP contribution in [0.2, 0.25) is 0 Å². The molecular weight excluding hydrogens is 384 g/mol. The van der Waals surface area contributed by atoms with Gasteiger partial charge in [0.2, 0.25) is 0 Å². The van der Waals surface area contributed by atoms with Gasteiger partial charge in [0.15, 0.2) is 0 Å². The fraction of sp³-hybridized carbons (Fsp3) is 0.500. The summed E-state index contributed by atoms with van der Waals surface area (Å²) in [6.45, 7) is -0.496. The molecule has 0 bridgehead atoms. The zero-order valence-corrected chi connectivity index (χ0v) is 16.7. The quantitative estimate of drug-likeness (QED) is 0.509. The highest BCUT2D eigenvalue weighted by Crippen LogP contribution is 2.46. The predicted molar refractivity (Wildman–Crippen MR) is 109 cm³/mol. The number of hydrogen-bond donors (Lipinski definition) is 5. The minimum absolute atomic E-state index is 0.00197. The van der Waals surface area contributed by atoms with Crippen molar-refractivity contribution in [2.75, 3.05) is 6.61 Å². The second kappa shape index (κ2) is 7.62. The number of fused-ring (bicyclic) bond motifs is 1. The summed E-state index contributed by atoms with van der Waals surface area (Å²) in [5.74, 6) is 0.434. The highest BCUT2D eigenvalue weighted by molar-refractivity contribution is 5.49. The lowest BCUT2D eigenvalue weighted by molar-refractivity contribution is -0.232. The molecule has 0 radical (unpaired) electrons. The zero-order chi connectivity index (χ0) is 21.0. The molecular formula is C24H28O6. The first-order valence-corrected chi connectivity index (χ1v) is 10.7. The molecule has 1 saturated carbocycles. The second-order valence-electron chi connectivity index (χ2n) is 8.91. The van der Waals surface area contributed by atoms with Crippen LogP contribution in [-0.4, -0.2) is 56.6 Å². The van der Waals surface area contributed by atoms with E-state index in [2.05, 4.69) is 18.2 Å². The fourth-order valence-electron chi connectivity index (χ4n) is 4.76. The number of phenolic OH excluding ortho intramolecular Hbond substituents is 1. The van der Waals surface area contributed by atoms with Crippen LogP contribution in [0.5, 0.6) is 5.75 Å². The molecule has 0 aromatic heterocycles. The summed E-state index contributed by atoms with van der Waals surface area (Å²) < 4.78 is 5.69. The molecule has 5 rings (SSSR count). The highest BCUT2D eigenvalue weighted by atomic mass is 16.5. The Morgan fingerprint density at radius 3 is 2.27 bits per heavy atom. The van der Waals surface area contributed by atoms with E-state index in [9.17, 15) is 25.5 Å². The van der Waals surface area contributed by atoms with Crippen molar-refractivity contribution in [3.05, 3.63) is 63.7 Å². The van der Waals surface area contributed by atoms with Crippen molar-refractivity contribution in [2.45, 2.75) is 68.5 Å². The van der Waals surface area contributed by atoms with Crippen molar-refractivity contribution in [1.29, 1.82) is 0 Å². The van der Waals surface area contributed by atoms with Gasteiger partial charge in [-0.15, -0.1) is 0 Å². The molecule has 0 unspecified atom stereocenters. The number of hydrogen-bond acceptors (Lipinski definition) is 6. The van der Waals surface area contributed by atoms with E-state index in [1.54, 1.807) is 6.07 Å². The normalized spacial score (nSPS) is 30.6. The van der Waals surface area contributed by atoms with Gasteiger partial charge in [-0.3, -0.25) is 0 Å². The third-order valence-corrected chi connectivity index (χ3v) is 6.83. The lowest BCUT2D eigenvalue weighted by Crippen LogP contribution is -2.55. The molecule has 5 N–H and O–H groups in total. The zero-order valence-electron chi connectivity index (χ0n) is 16.7. The Morgan fingerprint density at radius 2 is 1.63 bits per heavy atom. The number of rotatable bonds is 5. The summed E-state index contributed by atoms with van der Waals surface area (Å²) in [4.78, 5) is 0. The predicted octanol–water partition coefficient (Wildman–Crippen LogP) is 1.47. The molecule has 6 nitrogen and oxygen atoms in total. The van der Waals surface area contributed by atoms with Crippen LogP contribution < -0.4 is 0 Å². The first-order valence-electron chi connectivity index (χ1n) is 10.7. The van der Waals surface area contributed by atoms with E-state index < -0.39 is 37.1 Å². The molecule has 30 heavy (non-hydrogen) atoms. The van der Waals surface area contributed by atoms with Gasteiger partial charge in [0, 0.05) is 5.56 Å². The average Bonchev–Trinajstić information content (AvgIpc) is 3.55. The Labute approximate surface area is 175 Å². The molecule has 2 aromatic carbocycles. The maximum Gasteiger partial charge on any atom is 0.121 e. The van der Waals surface area contributed by atoms with Gasteiger partial charge in [-0.2, -0.15) is 0 Å². The van der Waals surface area contributed by atoms with Crippen molar-refractivity contribution in [1.82, 2.24) is 0 Å². The monoisotopic (exact) mass is 412 g/mol. The van der Waals surface area contributed by atoms with Gasteiger partial charge in [-0.1, -0.05) is 18.2 Å². The molecule has 1 heterocycles. The lowest BCUT2D eigenvalue weighted by atomic mass is 9.84. The number of aliphatic hydroxyl groups is 4. The van der Waals surface area contributed by atoms with Crippen LogP contribution >= 0.6 is 0 Å². The van der Waals surface area contributed by atoms with Crippen LogP contribution in [0.25, 0.3) is 0 Å². The Morgan fingerprint density at radius 1 is 0.867 bits per heavy atom. The molecule has 160 valence electrons. The summed E-state index contributed by atoms with van der Waals surface area (Å²) in [6, 6.07) is 10.2. The summed E-state index contributed by atoms with van der Waals surface area (Å²) in [7, 11) is 0. The summed E-state index contributed by atoms with van der Waals surface area (Å²) >= 11 is 0. The number of aromatic hydroxyl groups is 1. The van der Waals surface area contributed by atoms with Gasteiger partial charge in [0.05, 0.1) is 6.61 Å². The van der Waals surface area contributed by atoms with Gasteiger partial charge in [0.1, 0.15) is 36.3 Å². The minimum Gasteiger partial charge on any atom is -0.508 e. The first kappa shape index (κ1) is 20.0. The molecule has 5 atom stereocenters. The van der Waals surface area contributed by atoms with Gasteiger partial charge >= 0.3 is 0 Å². The molecule has 3 aliphatic rings. The molecule has 6 heteroatoms. The van der Waals surface area contributed by atoms with E-state index in [-0.39, 0.29) is 5.75 Å². The van der Waals surface area contributed by atoms with Crippen molar-refractivity contribution >= 4 is 0 Å². The smallest absolute Gasteiger partial charge is 0.121 e. The average molecular weight is 412 g/mol. The summed E-state index contributed by atoms with van der Waals surface area (Å²) in [5, 5.41) is 51.0. The van der Waals surface area contributed by atoms with Crippen LogP contribution in [-0.2, 0) is 24.0 Å². The van der Waals surface area contributed by atoms with E-state index in [1.807, 2.05) is 6.07 Å². The standard InChI is InChI=1S/C24H28O6/c25-11-20-21(27)22(28)23(29)24(30-20)18-9-16(17(10-19(18)26)14-4-5-14)8-12-1-2-13-3-6-15(13)7-12/h1-2,7,9-10,14,20-29H,3-6,8,11H2/t20-,21-,22+,23-,24+/m1/s1. The summed E-state index contributed by atoms with van der Waals surface area (Å²) in [6.07, 6.45) is -1.19. The van der Waals surface area contributed by atoms with E-state index in [0.29, 0.717) is 17.9 Å². The van der Waals surface area contributed by atoms with Gasteiger partial charge < -0.3 is 30.3 Å². The molecule has 0 amide bonds. The third kappa shape index (κ3) is 3.43. The third-order valence-electron chi connectivity index (χ3n) is 6.83. The van der Waals surface area contributed by atoms with Crippen LogP contribution in [0.3, 0.4) is 0 Å². The Kier molecular flexibility index (Phi) is 5.08. The molecule has 0 spiro atoms. The Balaban J connectivity index is 1.51. The molecule has 2 aromatic rings. The minimum atomic E-state index is -1.47. The maximum atomic E-state index is 10.7. The van der Waals surface area contributed by atoms with Crippen LogP contribution in [0.4, 0.5) is 0 Å². The largest absolute Gasteiger partial charge is 0.508 e. The Hall–Kier alpha value is -1.96. The number of aryl methyl sites for hydroxylation is 2. The number of benzene rings is 2. The number of ether oxygens (including phenoxy) is 1. The number of phenols is 1. The topological polar surface area (TPSA) is 110 Å². The van der Waals surface area contributed by atoms with Crippen LogP contribution in [0.15, 0.2) is 30.3 Å². The van der Waals surface area contributed by atoms with Crippen LogP contribution in [0.1, 0.15) is 58.2 Å². The van der Waals surface area contributed by atoms with Gasteiger partial charge in [-0.05, 0) is 78.0 Å². The highest BCUT2D eigenvalue weighted by Gasteiger charge is 2.45. The van der Waals surface area contributed by atoms with Crippen molar-refractivity contribution in [3.8, 4) is 5.75 Å². The van der Waals surface area contributed by atoms with E-state index in [0.717, 1.165) is 36.8 Å². The molecule has 2 fully saturated rings. The molecule has 2 aliphatic carbocycles. The van der Waals surface area contributed by atoms with Crippen molar-refractivity contribution in [3.63, 3.8) is 0 Å². The summed E-state index contributed by atoms with van der Waals surface area (Å²) in [5.41, 5.74) is 6.57. The van der Waals surface area contributed by atoms with Crippen LogP contribution in [0, 0.1) is 0 Å². The van der Waals surface area contributed by atoms with Gasteiger partial charge in [0.25, 0.3) is 0 Å². The van der Waals surface area contributed by atoms with Gasteiger partial charge in [-0.25, -0.2) is 0 Å². The lowest BCUT2D eigenvalue weighted by Gasteiger charge is -2.40. The molecule has 1 aliphatic heterocycles. The van der Waals surface area contributed by atoms with E-state index in [1.165, 1.54) is 16.7 Å². The molecule has 1 saturated heterocycles. The maximum absolute atomic E-state index is 10.7.